The summed E-state index contributed by atoms with van der Waals surface area (Å²) in [7, 11) is 0. The lowest BCUT2D eigenvalue weighted by Gasteiger charge is -2.27. The van der Waals surface area contributed by atoms with Crippen molar-refractivity contribution < 1.29 is 0 Å². The molecule has 3 rings (SSSR count). The van der Waals surface area contributed by atoms with E-state index >= 15 is 0 Å². The fourth-order valence-electron chi connectivity index (χ4n) is 3.12. The van der Waals surface area contributed by atoms with Gasteiger partial charge in [-0.15, -0.1) is 0 Å². The number of hydrogen-bond donors (Lipinski definition) is 1. The van der Waals surface area contributed by atoms with Crippen LogP contribution < -0.4 is 5.73 Å². The van der Waals surface area contributed by atoms with Crippen molar-refractivity contribution in [2.45, 2.75) is 51.1 Å². The van der Waals surface area contributed by atoms with Gasteiger partial charge in [-0.1, -0.05) is 13.0 Å². The first kappa shape index (κ1) is 13.3. The lowest BCUT2D eigenvalue weighted by molar-refractivity contribution is 0.441. The van der Waals surface area contributed by atoms with Gasteiger partial charge in [0.25, 0.3) is 0 Å². The third-order valence-electron chi connectivity index (χ3n) is 4.26. The summed E-state index contributed by atoms with van der Waals surface area (Å²) in [6, 6.07) is 4.32. The summed E-state index contributed by atoms with van der Waals surface area (Å²) in [5, 5.41) is 0. The number of nitrogens with two attached hydrogens (primary N) is 1. The topological polar surface area (TPSA) is 56.7 Å². The van der Waals surface area contributed by atoms with Crippen LogP contribution in [-0.4, -0.2) is 20.6 Å². The zero-order valence-electron chi connectivity index (χ0n) is 12.0. The van der Waals surface area contributed by atoms with E-state index in [1.54, 1.807) is 6.20 Å². The highest BCUT2D eigenvalue weighted by atomic mass is 15.1. The van der Waals surface area contributed by atoms with Crippen molar-refractivity contribution in [2.24, 2.45) is 5.73 Å². The van der Waals surface area contributed by atoms with Gasteiger partial charge in [-0.2, -0.15) is 0 Å². The van der Waals surface area contributed by atoms with Crippen LogP contribution >= 0.6 is 0 Å². The van der Waals surface area contributed by atoms with E-state index in [-0.39, 0.29) is 12.1 Å². The van der Waals surface area contributed by atoms with Gasteiger partial charge in [0.15, 0.2) is 0 Å². The van der Waals surface area contributed by atoms with Gasteiger partial charge in [-0.3, -0.25) is 4.98 Å². The van der Waals surface area contributed by atoms with Gasteiger partial charge in [-0.05, 0) is 43.7 Å². The molecular formula is C16H22N4. The fourth-order valence-corrected chi connectivity index (χ4v) is 3.12. The second-order valence-corrected chi connectivity index (χ2v) is 5.56. The fraction of sp³-hybridized carbons (Fsp3) is 0.500. The summed E-state index contributed by atoms with van der Waals surface area (Å²) in [5.41, 5.74) is 10.2. The molecule has 20 heavy (non-hydrogen) atoms. The maximum absolute atomic E-state index is 6.40. The standard InChI is InChI=1S/C16H22N4/c1-2-13(17)16(12-6-5-9-18-10-12)20-11-19-14-7-3-4-8-15(14)20/h5-6,9-11,13,16H,2-4,7-8,17H2,1H3. The highest BCUT2D eigenvalue weighted by Crippen LogP contribution is 2.28. The molecule has 1 aliphatic carbocycles. The molecule has 0 radical (unpaired) electrons. The van der Waals surface area contributed by atoms with Crippen LogP contribution in [0.1, 0.15) is 49.2 Å². The number of rotatable bonds is 4. The molecule has 0 aromatic carbocycles. The SMILES string of the molecule is CCC(N)C(c1cccnc1)n1cnc2c1CCCC2. The molecule has 0 amide bonds. The van der Waals surface area contributed by atoms with Crippen molar-refractivity contribution in [1.82, 2.24) is 14.5 Å². The van der Waals surface area contributed by atoms with Crippen LogP contribution in [0.4, 0.5) is 0 Å². The number of hydrogen-bond acceptors (Lipinski definition) is 3. The zero-order chi connectivity index (χ0) is 13.9. The first-order valence-electron chi connectivity index (χ1n) is 7.51. The van der Waals surface area contributed by atoms with Crippen LogP contribution in [-0.2, 0) is 12.8 Å². The summed E-state index contributed by atoms with van der Waals surface area (Å²) in [5.74, 6) is 0. The summed E-state index contributed by atoms with van der Waals surface area (Å²) in [6.07, 6.45) is 11.4. The van der Waals surface area contributed by atoms with E-state index in [1.165, 1.54) is 29.8 Å². The van der Waals surface area contributed by atoms with Crippen molar-refractivity contribution in [3.8, 4) is 0 Å². The Morgan fingerprint density at radius 1 is 1.35 bits per heavy atom. The number of imidazole rings is 1. The van der Waals surface area contributed by atoms with Crippen molar-refractivity contribution in [3.63, 3.8) is 0 Å². The predicted molar refractivity (Wildman–Crippen MR) is 79.5 cm³/mol. The molecule has 4 nitrogen and oxygen atoms in total. The minimum atomic E-state index is 0.0828. The number of nitrogens with zero attached hydrogens (tertiary/aromatic N) is 3. The van der Waals surface area contributed by atoms with Crippen LogP contribution in [0.3, 0.4) is 0 Å². The molecule has 0 spiro atoms. The van der Waals surface area contributed by atoms with Crippen molar-refractivity contribution in [1.29, 1.82) is 0 Å². The van der Waals surface area contributed by atoms with E-state index in [2.05, 4.69) is 27.5 Å². The smallest absolute Gasteiger partial charge is 0.0957 e. The number of aromatic nitrogens is 3. The summed E-state index contributed by atoms with van der Waals surface area (Å²) in [4.78, 5) is 8.86. The molecule has 0 saturated heterocycles. The van der Waals surface area contributed by atoms with Crippen LogP contribution in [0.2, 0.25) is 0 Å². The van der Waals surface area contributed by atoms with E-state index in [1.807, 2.05) is 18.6 Å². The second kappa shape index (κ2) is 5.75. The second-order valence-electron chi connectivity index (χ2n) is 5.56. The zero-order valence-corrected chi connectivity index (χ0v) is 12.0. The Balaban J connectivity index is 2.04. The molecule has 2 aromatic rings. The quantitative estimate of drug-likeness (QED) is 0.928. The molecule has 0 aliphatic heterocycles. The molecule has 1 aliphatic rings. The van der Waals surface area contributed by atoms with Gasteiger partial charge in [0.05, 0.1) is 18.1 Å². The number of pyridine rings is 1. The Labute approximate surface area is 120 Å². The molecule has 0 fully saturated rings. The van der Waals surface area contributed by atoms with Crippen LogP contribution in [0.25, 0.3) is 0 Å². The van der Waals surface area contributed by atoms with Crippen LogP contribution in [0.5, 0.6) is 0 Å². The maximum Gasteiger partial charge on any atom is 0.0957 e. The average molecular weight is 270 g/mol. The first-order valence-corrected chi connectivity index (χ1v) is 7.51. The van der Waals surface area contributed by atoms with Gasteiger partial charge < -0.3 is 10.3 Å². The molecule has 2 heterocycles. The summed E-state index contributed by atoms with van der Waals surface area (Å²) in [6.45, 7) is 2.14. The molecule has 2 atom stereocenters. The molecule has 2 unspecified atom stereocenters. The number of aryl methyl sites for hydroxylation is 1. The van der Waals surface area contributed by atoms with Crippen molar-refractivity contribution in [2.75, 3.05) is 0 Å². The Kier molecular flexibility index (Phi) is 3.83. The third-order valence-corrected chi connectivity index (χ3v) is 4.26. The highest BCUT2D eigenvalue weighted by molar-refractivity contribution is 5.24. The molecule has 4 heteroatoms. The normalized spacial score (nSPS) is 17.5. The minimum absolute atomic E-state index is 0.0828. The molecule has 2 aromatic heterocycles. The van der Waals surface area contributed by atoms with Crippen molar-refractivity contribution in [3.05, 3.63) is 47.8 Å². The Hall–Kier alpha value is -1.68. The molecular weight excluding hydrogens is 248 g/mol. The van der Waals surface area contributed by atoms with E-state index in [9.17, 15) is 0 Å². The largest absolute Gasteiger partial charge is 0.326 e. The molecule has 0 bridgehead atoms. The Bertz CT molecular complexity index is 561. The van der Waals surface area contributed by atoms with Gasteiger partial charge in [-0.25, -0.2) is 4.98 Å². The maximum atomic E-state index is 6.40. The van der Waals surface area contributed by atoms with Gasteiger partial charge in [0.2, 0.25) is 0 Å². The third kappa shape index (κ3) is 2.36. The Morgan fingerprint density at radius 3 is 2.95 bits per heavy atom. The van der Waals surface area contributed by atoms with Crippen LogP contribution in [0.15, 0.2) is 30.9 Å². The highest BCUT2D eigenvalue weighted by Gasteiger charge is 2.25. The Morgan fingerprint density at radius 2 is 2.20 bits per heavy atom. The lowest BCUT2D eigenvalue weighted by atomic mass is 9.96. The lowest BCUT2D eigenvalue weighted by Crippen LogP contribution is -2.33. The van der Waals surface area contributed by atoms with E-state index in [0.29, 0.717) is 0 Å². The average Bonchev–Trinajstić information content (AvgIpc) is 2.92. The molecule has 0 saturated carbocycles. The molecule has 106 valence electrons. The van der Waals surface area contributed by atoms with Crippen LogP contribution in [0, 0.1) is 0 Å². The predicted octanol–water partition coefficient (Wildman–Crippen LogP) is 2.48. The first-order chi connectivity index (χ1) is 9.81. The van der Waals surface area contributed by atoms with Crippen molar-refractivity contribution >= 4 is 0 Å². The van der Waals surface area contributed by atoms with Gasteiger partial charge in [0, 0.05) is 24.1 Å². The minimum Gasteiger partial charge on any atom is -0.326 e. The van der Waals surface area contributed by atoms with E-state index < -0.39 is 0 Å². The van der Waals surface area contributed by atoms with Gasteiger partial charge in [0.1, 0.15) is 0 Å². The monoisotopic (exact) mass is 270 g/mol. The molecule has 2 N–H and O–H groups in total. The van der Waals surface area contributed by atoms with E-state index in [0.717, 1.165) is 19.3 Å². The summed E-state index contributed by atoms with van der Waals surface area (Å²) < 4.78 is 2.29. The van der Waals surface area contributed by atoms with Gasteiger partial charge >= 0.3 is 0 Å². The van der Waals surface area contributed by atoms with E-state index in [4.69, 9.17) is 5.73 Å². The summed E-state index contributed by atoms with van der Waals surface area (Å²) >= 11 is 0. The number of fused-ring (bicyclic) bond motifs is 1.